The number of carbonyl (C=O) groups excluding carboxylic acids is 1. The summed E-state index contributed by atoms with van der Waals surface area (Å²) in [4.78, 5) is 16.5. The molecule has 4 heteroatoms. The Hall–Kier alpha value is -1.73. The number of nitriles is 1. The Morgan fingerprint density at radius 2 is 2.05 bits per heavy atom. The molecule has 2 unspecified atom stereocenters. The topological polar surface area (TPSA) is 65.8 Å². The molecular formula is C15H17N3O. The Kier molecular flexibility index (Phi) is 3.31. The van der Waals surface area contributed by atoms with Crippen molar-refractivity contribution in [1.82, 2.24) is 10.3 Å². The number of fused-ring (bicyclic) bond motifs is 2. The number of hydrogen-bond donors (Lipinski definition) is 1. The first-order valence-corrected chi connectivity index (χ1v) is 6.91. The molecule has 3 heterocycles. The number of ketones is 1. The molecule has 0 amide bonds. The molecule has 0 aromatic carbocycles. The third-order valence-electron chi connectivity index (χ3n) is 4.24. The zero-order chi connectivity index (χ0) is 13.2. The number of pyridine rings is 1. The molecular weight excluding hydrogens is 238 g/mol. The van der Waals surface area contributed by atoms with Gasteiger partial charge < -0.3 is 5.32 Å². The molecule has 0 saturated carbocycles. The van der Waals surface area contributed by atoms with Gasteiger partial charge in [-0.3, -0.25) is 9.78 Å². The van der Waals surface area contributed by atoms with Gasteiger partial charge in [-0.1, -0.05) is 6.42 Å². The van der Waals surface area contributed by atoms with E-state index in [1.54, 1.807) is 12.3 Å². The van der Waals surface area contributed by atoms with Crippen LogP contribution >= 0.6 is 0 Å². The molecule has 19 heavy (non-hydrogen) atoms. The standard InChI is InChI=1S/C15H17N3O/c16-7-10-4-12(9-17-8-10)15(19)11-5-13-2-1-3-14(6-11)18-13/h4,8-9,11,13-14,18H,1-3,5-6H2. The van der Waals surface area contributed by atoms with Gasteiger partial charge in [0.15, 0.2) is 5.78 Å². The molecule has 1 aromatic heterocycles. The van der Waals surface area contributed by atoms with Crippen LogP contribution in [0.15, 0.2) is 18.5 Å². The summed E-state index contributed by atoms with van der Waals surface area (Å²) in [5, 5.41) is 12.5. The Bertz CT molecular complexity index is 522. The molecule has 98 valence electrons. The van der Waals surface area contributed by atoms with Gasteiger partial charge in [-0.25, -0.2) is 0 Å². The number of nitrogens with zero attached hydrogens (tertiary/aromatic N) is 2. The van der Waals surface area contributed by atoms with E-state index in [9.17, 15) is 4.79 Å². The third-order valence-corrected chi connectivity index (χ3v) is 4.24. The Morgan fingerprint density at radius 3 is 2.74 bits per heavy atom. The predicted octanol–water partition coefficient (Wildman–Crippen LogP) is 2.06. The van der Waals surface area contributed by atoms with Crippen LogP contribution in [0.4, 0.5) is 0 Å². The molecule has 0 radical (unpaired) electrons. The summed E-state index contributed by atoms with van der Waals surface area (Å²) in [7, 11) is 0. The lowest BCUT2D eigenvalue weighted by molar-refractivity contribution is 0.0824. The molecule has 4 nitrogen and oxygen atoms in total. The second kappa shape index (κ2) is 5.10. The van der Waals surface area contributed by atoms with Crippen molar-refractivity contribution in [2.24, 2.45) is 5.92 Å². The molecule has 2 saturated heterocycles. The highest BCUT2D eigenvalue weighted by atomic mass is 16.1. The fourth-order valence-electron chi connectivity index (χ4n) is 3.35. The van der Waals surface area contributed by atoms with E-state index < -0.39 is 0 Å². The van der Waals surface area contributed by atoms with Gasteiger partial charge in [0, 0.05) is 36.0 Å². The average Bonchev–Trinajstić information content (AvgIpc) is 2.46. The summed E-state index contributed by atoms with van der Waals surface area (Å²) in [5.41, 5.74) is 1.05. The Morgan fingerprint density at radius 1 is 1.32 bits per heavy atom. The molecule has 1 N–H and O–H groups in total. The number of rotatable bonds is 2. The zero-order valence-corrected chi connectivity index (χ0v) is 10.8. The lowest BCUT2D eigenvalue weighted by Crippen LogP contribution is -2.50. The maximum absolute atomic E-state index is 12.5. The SMILES string of the molecule is N#Cc1cncc(C(=O)C2CC3CCCC(C2)N3)c1. The number of Topliss-reactive ketones (excluding diaryl/α,β-unsaturated/α-hetero) is 1. The van der Waals surface area contributed by atoms with E-state index in [1.165, 1.54) is 25.5 Å². The molecule has 2 atom stereocenters. The van der Waals surface area contributed by atoms with Crippen LogP contribution in [0.2, 0.25) is 0 Å². The molecule has 3 rings (SSSR count). The minimum atomic E-state index is 0.0901. The third kappa shape index (κ3) is 2.52. The summed E-state index contributed by atoms with van der Waals surface area (Å²) in [6.07, 6.45) is 8.55. The highest BCUT2D eigenvalue weighted by molar-refractivity contribution is 5.98. The van der Waals surface area contributed by atoms with Crippen LogP contribution in [0.5, 0.6) is 0 Å². The van der Waals surface area contributed by atoms with Crippen LogP contribution in [0.25, 0.3) is 0 Å². The van der Waals surface area contributed by atoms with Gasteiger partial charge in [0.25, 0.3) is 0 Å². The molecule has 2 aliphatic rings. The van der Waals surface area contributed by atoms with Crippen LogP contribution in [-0.2, 0) is 0 Å². The molecule has 2 bridgehead atoms. The monoisotopic (exact) mass is 255 g/mol. The smallest absolute Gasteiger partial charge is 0.167 e. The minimum Gasteiger partial charge on any atom is -0.311 e. The van der Waals surface area contributed by atoms with Gasteiger partial charge in [0.2, 0.25) is 0 Å². The summed E-state index contributed by atoms with van der Waals surface area (Å²) >= 11 is 0. The molecule has 2 aliphatic heterocycles. The van der Waals surface area contributed by atoms with Crippen LogP contribution < -0.4 is 5.32 Å². The quantitative estimate of drug-likeness (QED) is 0.821. The maximum Gasteiger partial charge on any atom is 0.167 e. The minimum absolute atomic E-state index is 0.0901. The zero-order valence-electron chi connectivity index (χ0n) is 10.8. The van der Waals surface area contributed by atoms with Gasteiger partial charge in [0.05, 0.1) is 5.56 Å². The lowest BCUT2D eigenvalue weighted by atomic mass is 9.77. The molecule has 1 aromatic rings. The highest BCUT2D eigenvalue weighted by Gasteiger charge is 2.34. The first kappa shape index (κ1) is 12.3. The molecule has 0 spiro atoms. The Labute approximate surface area is 112 Å². The molecule has 0 aliphatic carbocycles. The van der Waals surface area contributed by atoms with Crippen LogP contribution in [0, 0.1) is 17.2 Å². The summed E-state index contributed by atoms with van der Waals surface area (Å²) in [6.45, 7) is 0. The van der Waals surface area contributed by atoms with E-state index in [0.717, 1.165) is 12.8 Å². The van der Waals surface area contributed by atoms with Gasteiger partial charge in [0.1, 0.15) is 6.07 Å². The fourth-order valence-corrected chi connectivity index (χ4v) is 3.35. The van der Waals surface area contributed by atoms with E-state index in [1.807, 2.05) is 6.07 Å². The van der Waals surface area contributed by atoms with E-state index in [2.05, 4.69) is 10.3 Å². The number of hydrogen-bond acceptors (Lipinski definition) is 4. The van der Waals surface area contributed by atoms with Crippen molar-refractivity contribution in [1.29, 1.82) is 5.26 Å². The first-order chi connectivity index (χ1) is 9.26. The summed E-state index contributed by atoms with van der Waals surface area (Å²) in [5.74, 6) is 0.246. The second-order valence-electron chi connectivity index (χ2n) is 5.60. The van der Waals surface area contributed by atoms with Gasteiger partial charge >= 0.3 is 0 Å². The van der Waals surface area contributed by atoms with Crippen molar-refractivity contribution in [2.45, 2.75) is 44.2 Å². The van der Waals surface area contributed by atoms with E-state index >= 15 is 0 Å². The van der Waals surface area contributed by atoms with Crippen molar-refractivity contribution < 1.29 is 4.79 Å². The average molecular weight is 255 g/mol. The summed E-state index contributed by atoms with van der Waals surface area (Å²) < 4.78 is 0. The maximum atomic E-state index is 12.5. The lowest BCUT2D eigenvalue weighted by Gasteiger charge is -2.39. The fraction of sp³-hybridized carbons (Fsp3) is 0.533. The highest BCUT2D eigenvalue weighted by Crippen LogP contribution is 2.31. The van der Waals surface area contributed by atoms with Crippen molar-refractivity contribution in [3.63, 3.8) is 0 Å². The number of piperidine rings is 2. The second-order valence-corrected chi connectivity index (χ2v) is 5.60. The van der Waals surface area contributed by atoms with Crippen LogP contribution in [-0.4, -0.2) is 22.9 Å². The van der Waals surface area contributed by atoms with Crippen molar-refractivity contribution in [2.75, 3.05) is 0 Å². The normalized spacial score (nSPS) is 29.5. The molecule has 2 fully saturated rings. The van der Waals surface area contributed by atoms with Gasteiger partial charge in [-0.05, 0) is 31.7 Å². The van der Waals surface area contributed by atoms with E-state index in [0.29, 0.717) is 23.2 Å². The number of nitrogens with one attached hydrogen (secondary N) is 1. The number of aromatic nitrogens is 1. The van der Waals surface area contributed by atoms with Gasteiger partial charge in [-0.15, -0.1) is 0 Å². The van der Waals surface area contributed by atoms with Crippen LogP contribution in [0.1, 0.15) is 48.0 Å². The van der Waals surface area contributed by atoms with Crippen molar-refractivity contribution >= 4 is 5.78 Å². The van der Waals surface area contributed by atoms with Crippen molar-refractivity contribution in [3.05, 3.63) is 29.6 Å². The Balaban J connectivity index is 1.78. The van der Waals surface area contributed by atoms with E-state index in [4.69, 9.17) is 5.26 Å². The largest absolute Gasteiger partial charge is 0.311 e. The van der Waals surface area contributed by atoms with Crippen molar-refractivity contribution in [3.8, 4) is 6.07 Å². The number of carbonyl (C=O) groups is 1. The summed E-state index contributed by atoms with van der Waals surface area (Å²) in [6, 6.07) is 4.69. The van der Waals surface area contributed by atoms with Crippen LogP contribution in [0.3, 0.4) is 0 Å². The van der Waals surface area contributed by atoms with Gasteiger partial charge in [-0.2, -0.15) is 5.26 Å². The predicted molar refractivity (Wildman–Crippen MR) is 70.6 cm³/mol. The van der Waals surface area contributed by atoms with E-state index in [-0.39, 0.29) is 11.7 Å². The first-order valence-electron chi connectivity index (χ1n) is 6.91.